The molecule has 2 saturated heterocycles. The number of esters is 2. The lowest BCUT2D eigenvalue weighted by molar-refractivity contribution is -0.134. The summed E-state index contributed by atoms with van der Waals surface area (Å²) in [6, 6.07) is 21.7. The van der Waals surface area contributed by atoms with Crippen molar-refractivity contribution in [3.63, 3.8) is 0 Å². The number of aromatic nitrogens is 2. The first-order valence-electron chi connectivity index (χ1n) is 20.8. The fourth-order valence-electron chi connectivity index (χ4n) is 7.71. The molecule has 0 saturated carbocycles. The number of cyclic esters (lactones) is 2. The van der Waals surface area contributed by atoms with Crippen molar-refractivity contribution in [2.45, 2.75) is 50.9 Å². The third-order valence-electron chi connectivity index (χ3n) is 11.2. The van der Waals surface area contributed by atoms with Gasteiger partial charge in [-0.15, -0.1) is 0 Å². The van der Waals surface area contributed by atoms with Crippen molar-refractivity contribution >= 4 is 43.3 Å². The van der Waals surface area contributed by atoms with Crippen molar-refractivity contribution in [1.29, 1.82) is 0 Å². The van der Waals surface area contributed by atoms with Crippen LogP contribution in [0.1, 0.15) is 81.1 Å². The summed E-state index contributed by atoms with van der Waals surface area (Å²) in [6.45, 7) is 3.71. The van der Waals surface area contributed by atoms with Gasteiger partial charge in [0.1, 0.15) is 17.6 Å². The summed E-state index contributed by atoms with van der Waals surface area (Å²) >= 11 is 0. The summed E-state index contributed by atoms with van der Waals surface area (Å²) in [6.07, 6.45) is -2.17. The zero-order valence-electron chi connectivity index (χ0n) is 34.8. The first kappa shape index (κ1) is 43.4. The average molecular weight is 883 g/mol. The van der Waals surface area contributed by atoms with E-state index in [4.69, 9.17) is 33.0 Å². The van der Waals surface area contributed by atoms with Crippen LogP contribution in [-0.2, 0) is 37.4 Å². The maximum absolute atomic E-state index is 15.4. The van der Waals surface area contributed by atoms with Crippen LogP contribution in [0.25, 0.3) is 11.4 Å². The molecule has 18 nitrogen and oxygen atoms in total. The van der Waals surface area contributed by atoms with Crippen molar-refractivity contribution in [3.05, 3.63) is 113 Å². The number of amides is 3. The normalized spacial score (nSPS) is 20.6. The number of anilines is 1. The maximum Gasteiger partial charge on any atom is 0.409 e. The first-order valence-corrected chi connectivity index (χ1v) is 22.5. The molecule has 0 radical (unpaired) electrons. The van der Waals surface area contributed by atoms with Gasteiger partial charge in [-0.1, -0.05) is 80.1 Å². The minimum atomic E-state index is -4.79. The van der Waals surface area contributed by atoms with Crippen molar-refractivity contribution in [2.24, 2.45) is 0 Å². The average Bonchev–Trinajstić information content (AvgIpc) is 4.01. The van der Waals surface area contributed by atoms with Gasteiger partial charge in [0.05, 0.1) is 30.0 Å². The van der Waals surface area contributed by atoms with Gasteiger partial charge in [0.2, 0.25) is 18.5 Å². The van der Waals surface area contributed by atoms with Gasteiger partial charge in [-0.05, 0) is 25.0 Å². The Morgan fingerprint density at radius 1 is 0.825 bits per heavy atom. The number of piperazine rings is 1. The minimum absolute atomic E-state index is 0.0484. The van der Waals surface area contributed by atoms with E-state index in [1.807, 2.05) is 30.0 Å². The maximum atomic E-state index is 15.4. The van der Waals surface area contributed by atoms with E-state index in [0.29, 0.717) is 30.9 Å². The second-order valence-electron chi connectivity index (χ2n) is 15.4. The number of hydrogen-bond donors (Lipinski definition) is 1. The van der Waals surface area contributed by atoms with Crippen LogP contribution in [0.5, 0.6) is 0 Å². The summed E-state index contributed by atoms with van der Waals surface area (Å²) in [7, 11) is -3.15. The second-order valence-corrected chi connectivity index (χ2v) is 17.4. The third-order valence-corrected chi connectivity index (χ3v) is 13.0. The number of nitrogens with zero attached hydrogens (tertiary/aromatic N) is 5. The van der Waals surface area contributed by atoms with Crippen LogP contribution >= 0.6 is 7.60 Å². The summed E-state index contributed by atoms with van der Waals surface area (Å²) in [5, 5.41) is 2.76. The second kappa shape index (κ2) is 19.0. The molecule has 0 bridgehead atoms. The van der Waals surface area contributed by atoms with E-state index < -0.39 is 62.2 Å². The standard InChI is InChI=1S/C44H47N6O12P/c1-3-4-24-58-44(55)49-22-20-48(21-23-49)39(52)35(46-38(51)34-25-36(50-19-18-29(26-50)57-2)47-37(45-34)28-12-6-5-7-13-28)27-63(56,61-42-32-16-10-8-14-30(32)40(53)59-42)62-43-33-17-11-9-15-31(33)41(54)60-43/h5-17,25,29,35,42-43H,3-4,18-24,26-27H2,1-2H3,(H,46,51)/t29-,35?,42+,43?,63?/m0/s1. The molecule has 3 unspecified atom stereocenters. The van der Waals surface area contributed by atoms with Gasteiger partial charge >= 0.3 is 25.6 Å². The number of methoxy groups -OCH3 is 1. The Hall–Kier alpha value is -6.20. The highest BCUT2D eigenvalue weighted by atomic mass is 31.2. The predicted molar refractivity (Wildman–Crippen MR) is 225 cm³/mol. The fourth-order valence-corrected chi connectivity index (χ4v) is 9.52. The van der Waals surface area contributed by atoms with Crippen molar-refractivity contribution < 1.29 is 56.5 Å². The van der Waals surface area contributed by atoms with Crippen LogP contribution in [0.4, 0.5) is 10.6 Å². The number of nitrogens with one attached hydrogen (secondary N) is 1. The summed E-state index contributed by atoms with van der Waals surface area (Å²) in [4.78, 5) is 82.2. The number of carbonyl (C=O) groups is 5. The number of carbonyl (C=O) groups excluding carboxylic acids is 5. The van der Waals surface area contributed by atoms with Crippen molar-refractivity contribution in [2.75, 3.05) is 64.0 Å². The SMILES string of the molecule is CCCCOC(=O)N1CCN(C(=O)C(CP(=O)(OC2OC(=O)c3ccccc32)O[C@H]2OC(=O)c3ccccc32)NC(=O)c2cc(N3CC[C@H](OC)C3)nc(-c3ccccc3)n2)CC1. The molecule has 0 spiro atoms. The van der Waals surface area contributed by atoms with E-state index in [1.165, 1.54) is 28.0 Å². The zero-order chi connectivity index (χ0) is 44.1. The molecule has 4 aromatic rings. The van der Waals surface area contributed by atoms with Crippen molar-refractivity contribution in [1.82, 2.24) is 25.1 Å². The molecule has 5 heterocycles. The van der Waals surface area contributed by atoms with E-state index in [2.05, 4.69) is 10.3 Å². The Bertz CT molecular complexity index is 2340. The Labute approximate surface area is 363 Å². The van der Waals surface area contributed by atoms with Crippen LogP contribution in [0.3, 0.4) is 0 Å². The number of benzene rings is 3. The van der Waals surface area contributed by atoms with Gasteiger partial charge in [0.15, 0.2) is 5.82 Å². The largest absolute Gasteiger partial charge is 0.449 e. The fraction of sp³-hybridized carbons (Fsp3) is 0.386. The molecule has 4 aliphatic heterocycles. The first-order chi connectivity index (χ1) is 30.5. The molecule has 3 amide bonds. The molecule has 4 aliphatic rings. The zero-order valence-corrected chi connectivity index (χ0v) is 35.6. The monoisotopic (exact) mass is 882 g/mol. The summed E-state index contributed by atoms with van der Waals surface area (Å²) in [5.74, 6) is -2.26. The van der Waals surface area contributed by atoms with Gasteiger partial charge < -0.3 is 39.0 Å². The lowest BCUT2D eigenvalue weighted by Gasteiger charge is -2.36. The molecule has 19 heteroatoms. The molecule has 8 rings (SSSR count). The third kappa shape index (κ3) is 9.74. The number of rotatable bonds is 15. The van der Waals surface area contributed by atoms with E-state index in [9.17, 15) is 24.0 Å². The Morgan fingerprint density at radius 2 is 1.43 bits per heavy atom. The van der Waals surface area contributed by atoms with Crippen LogP contribution < -0.4 is 10.2 Å². The van der Waals surface area contributed by atoms with Gasteiger partial charge in [0.25, 0.3) is 5.91 Å². The van der Waals surface area contributed by atoms with Crippen LogP contribution in [-0.4, -0.2) is 121 Å². The quantitative estimate of drug-likeness (QED) is 0.0676. The number of fused-ring (bicyclic) bond motifs is 2. The smallest absolute Gasteiger partial charge is 0.409 e. The number of ether oxygens (including phenoxy) is 4. The highest BCUT2D eigenvalue weighted by molar-refractivity contribution is 7.54. The molecule has 330 valence electrons. The van der Waals surface area contributed by atoms with Gasteiger partial charge in [-0.2, -0.15) is 0 Å². The van der Waals surface area contributed by atoms with Crippen LogP contribution in [0.2, 0.25) is 0 Å². The van der Waals surface area contributed by atoms with Crippen molar-refractivity contribution in [3.8, 4) is 11.4 Å². The highest BCUT2D eigenvalue weighted by Crippen LogP contribution is 2.58. The summed E-state index contributed by atoms with van der Waals surface area (Å²) < 4.78 is 49.6. The molecule has 0 aliphatic carbocycles. The number of unbranched alkanes of at least 4 members (excludes halogenated alkanes) is 1. The molecule has 1 N–H and O–H groups in total. The van der Waals surface area contributed by atoms with E-state index >= 15 is 4.57 Å². The van der Waals surface area contributed by atoms with Gasteiger partial charge in [-0.3, -0.25) is 23.2 Å². The topological polar surface area (TPSA) is 205 Å². The predicted octanol–water partition coefficient (Wildman–Crippen LogP) is 5.51. The highest BCUT2D eigenvalue weighted by Gasteiger charge is 2.46. The van der Waals surface area contributed by atoms with E-state index in [1.54, 1.807) is 55.6 Å². The molecular weight excluding hydrogens is 835 g/mol. The molecular formula is C44H47N6O12P. The van der Waals surface area contributed by atoms with E-state index in [-0.39, 0.29) is 72.7 Å². The molecule has 1 aromatic heterocycles. The van der Waals surface area contributed by atoms with Crippen LogP contribution in [0, 0.1) is 0 Å². The number of hydrogen-bond acceptors (Lipinski definition) is 15. The molecule has 63 heavy (non-hydrogen) atoms. The van der Waals surface area contributed by atoms with Gasteiger partial charge in [0, 0.05) is 69.1 Å². The Morgan fingerprint density at radius 3 is 2.03 bits per heavy atom. The molecule has 5 atom stereocenters. The Kier molecular flexibility index (Phi) is 13.1. The molecule has 2 fully saturated rings. The minimum Gasteiger partial charge on any atom is -0.449 e. The van der Waals surface area contributed by atoms with Crippen LogP contribution in [0.15, 0.2) is 84.9 Å². The van der Waals surface area contributed by atoms with Gasteiger partial charge in [-0.25, -0.2) is 24.4 Å². The lowest BCUT2D eigenvalue weighted by Crippen LogP contribution is -2.57. The lowest BCUT2D eigenvalue weighted by atomic mass is 10.1. The Balaban J connectivity index is 1.13. The molecule has 3 aromatic carbocycles. The van der Waals surface area contributed by atoms with E-state index in [0.717, 1.165) is 12.8 Å². The summed E-state index contributed by atoms with van der Waals surface area (Å²) in [5.41, 5.74) is 1.39.